The number of hydrogen-bond acceptors (Lipinski definition) is 3. The quantitative estimate of drug-likeness (QED) is 0.599. The second-order valence-electron chi connectivity index (χ2n) is 0.980. The number of aliphatic hydroxyl groups is 1. The number of nitriles is 1. The highest BCUT2D eigenvalue weighted by atomic mass is 79.9. The highest BCUT2D eigenvalue weighted by molar-refractivity contribution is 9.10. The van der Waals surface area contributed by atoms with Crippen LogP contribution in [-0.2, 0) is 0 Å². The largest absolute Gasteiger partial charge is 0.443 e. The van der Waals surface area contributed by atoms with E-state index in [1.54, 1.807) is 12.4 Å². The number of hydrogen-bond donors (Lipinski definition) is 2. The van der Waals surface area contributed by atoms with Gasteiger partial charge in [0.2, 0.25) is 0 Å². The maximum absolute atomic E-state index is 6.88. The number of nitrogens with zero attached hydrogens (tertiary/aromatic N) is 2. The molecule has 0 aliphatic carbocycles. The Balaban J connectivity index is 0.000000187. The third-order valence-electron chi connectivity index (χ3n) is 0.465. The Morgan fingerprint density at radius 2 is 2.44 bits per heavy atom. The van der Waals surface area contributed by atoms with E-state index in [9.17, 15) is 0 Å². The van der Waals surface area contributed by atoms with E-state index in [0.29, 0.717) is 0 Å². The van der Waals surface area contributed by atoms with Crippen LogP contribution in [0.3, 0.4) is 0 Å². The van der Waals surface area contributed by atoms with E-state index in [4.69, 9.17) is 10.4 Å². The molecule has 2 N–H and O–H groups in total. The first-order valence-electron chi connectivity index (χ1n) is 1.99. The predicted octanol–water partition coefficient (Wildman–Crippen LogP) is 1.01. The molecule has 0 aliphatic rings. The molecule has 0 spiro atoms. The first kappa shape index (κ1) is 7.98. The smallest absolute Gasteiger partial charge is 0.283 e. The molecule has 1 aromatic heterocycles. The summed E-state index contributed by atoms with van der Waals surface area (Å²) < 4.78 is 0.780. The molecule has 0 unspecified atom stereocenters. The molecule has 0 fully saturated rings. The van der Waals surface area contributed by atoms with E-state index in [2.05, 4.69) is 25.9 Å². The number of halogens is 1. The van der Waals surface area contributed by atoms with Crippen LogP contribution >= 0.6 is 15.9 Å². The van der Waals surface area contributed by atoms with Crippen LogP contribution in [0.5, 0.6) is 0 Å². The van der Waals surface area contributed by atoms with Crippen LogP contribution in [0.4, 0.5) is 0 Å². The van der Waals surface area contributed by atoms with Gasteiger partial charge in [-0.15, -0.1) is 0 Å². The summed E-state index contributed by atoms with van der Waals surface area (Å²) in [6.07, 6.45) is 4.19. The number of aromatic nitrogens is 2. The zero-order valence-corrected chi connectivity index (χ0v) is 5.96. The fraction of sp³-hybridized carbons (Fsp3) is 0. The van der Waals surface area contributed by atoms with Crippen LogP contribution in [0.15, 0.2) is 17.1 Å². The lowest BCUT2D eigenvalue weighted by Gasteiger charge is -1.65. The van der Waals surface area contributed by atoms with Gasteiger partial charge >= 0.3 is 0 Å². The molecule has 0 aliphatic heterocycles. The molecule has 1 heterocycles. The minimum Gasteiger partial charge on any atom is -0.443 e. The summed E-state index contributed by atoms with van der Waals surface area (Å²) in [6.45, 7) is 0. The second-order valence-corrected chi connectivity index (χ2v) is 1.73. The fourth-order valence-corrected chi connectivity index (χ4v) is 0.496. The van der Waals surface area contributed by atoms with Crippen molar-refractivity contribution in [2.45, 2.75) is 0 Å². The van der Waals surface area contributed by atoms with Crippen LogP contribution < -0.4 is 0 Å². The van der Waals surface area contributed by atoms with Gasteiger partial charge in [-0.25, -0.2) is 4.98 Å². The van der Waals surface area contributed by atoms with Crippen molar-refractivity contribution in [1.29, 1.82) is 5.26 Å². The molecule has 0 atom stereocenters. The maximum Gasteiger partial charge on any atom is 0.283 e. The molecule has 0 bridgehead atoms. The molecule has 0 radical (unpaired) electrons. The van der Waals surface area contributed by atoms with Crippen LogP contribution in [0.25, 0.3) is 0 Å². The summed E-state index contributed by atoms with van der Waals surface area (Å²) in [5, 5.41) is 13.8. The molecule has 0 saturated carbocycles. The van der Waals surface area contributed by atoms with Gasteiger partial charge in [-0.2, -0.15) is 5.26 Å². The summed E-state index contributed by atoms with van der Waals surface area (Å²) >= 11 is 3.11. The van der Waals surface area contributed by atoms with Gasteiger partial charge in [-0.05, 0) is 15.9 Å². The van der Waals surface area contributed by atoms with Crippen LogP contribution in [0, 0.1) is 11.5 Å². The summed E-state index contributed by atoms with van der Waals surface area (Å²) in [6, 6.07) is 0. The van der Waals surface area contributed by atoms with Crippen molar-refractivity contribution in [2.75, 3.05) is 0 Å². The lowest BCUT2D eigenvalue weighted by atomic mass is 11.0. The topological polar surface area (TPSA) is 72.7 Å². The van der Waals surface area contributed by atoms with Gasteiger partial charge in [-0.3, -0.25) is 0 Å². The highest BCUT2D eigenvalue weighted by Gasteiger charge is 1.76. The first-order chi connectivity index (χ1) is 4.31. The van der Waals surface area contributed by atoms with Crippen molar-refractivity contribution in [3.05, 3.63) is 17.1 Å². The Hall–Kier alpha value is -1.02. The van der Waals surface area contributed by atoms with Crippen LogP contribution in [0.1, 0.15) is 0 Å². The van der Waals surface area contributed by atoms with Crippen molar-refractivity contribution in [2.24, 2.45) is 0 Å². The Morgan fingerprint density at radius 3 is 2.56 bits per heavy atom. The molecule has 0 amide bonds. The maximum atomic E-state index is 6.88. The van der Waals surface area contributed by atoms with Gasteiger partial charge < -0.3 is 10.1 Å². The molecule has 1 aromatic rings. The molecule has 48 valence electrons. The lowest BCUT2D eigenvalue weighted by Crippen LogP contribution is -1.57. The second kappa shape index (κ2) is 5.12. The van der Waals surface area contributed by atoms with E-state index in [1.807, 2.05) is 0 Å². The lowest BCUT2D eigenvalue weighted by molar-refractivity contribution is 0.503. The number of rotatable bonds is 0. The number of aromatic amines is 1. The molecular formula is C4H4BrN3O. The van der Waals surface area contributed by atoms with Gasteiger partial charge in [0, 0.05) is 12.4 Å². The minimum absolute atomic E-state index is 0.750. The Morgan fingerprint density at radius 1 is 1.89 bits per heavy atom. The molecule has 4 nitrogen and oxygen atoms in total. The highest BCUT2D eigenvalue weighted by Crippen LogP contribution is 1.95. The van der Waals surface area contributed by atoms with Gasteiger partial charge in [0.25, 0.3) is 6.26 Å². The zero-order chi connectivity index (χ0) is 7.11. The number of aliphatic hydroxyl groups excluding tert-OH is 1. The van der Waals surface area contributed by atoms with E-state index in [0.717, 1.165) is 11.0 Å². The van der Waals surface area contributed by atoms with E-state index >= 15 is 0 Å². The van der Waals surface area contributed by atoms with Crippen molar-refractivity contribution in [3.63, 3.8) is 0 Å². The van der Waals surface area contributed by atoms with Gasteiger partial charge in [0.15, 0.2) is 4.73 Å². The van der Waals surface area contributed by atoms with Crippen molar-refractivity contribution >= 4 is 15.9 Å². The third-order valence-corrected chi connectivity index (χ3v) is 0.899. The summed E-state index contributed by atoms with van der Waals surface area (Å²) in [5.41, 5.74) is 0. The standard InChI is InChI=1S/C3H3BrN2.CHNO/c4-3-5-1-2-6-3;2-1-3/h1-2H,(H,5,6);3H. The van der Waals surface area contributed by atoms with E-state index < -0.39 is 0 Å². The number of nitrogens with one attached hydrogen (secondary N) is 1. The molecule has 1 rings (SSSR count). The van der Waals surface area contributed by atoms with Gasteiger partial charge in [-0.1, -0.05) is 0 Å². The molecular weight excluding hydrogens is 186 g/mol. The Kier molecular flexibility index (Phi) is 4.54. The zero-order valence-electron chi connectivity index (χ0n) is 4.37. The predicted molar refractivity (Wildman–Crippen MR) is 33.8 cm³/mol. The van der Waals surface area contributed by atoms with Gasteiger partial charge in [0.05, 0.1) is 0 Å². The minimum atomic E-state index is 0.750. The van der Waals surface area contributed by atoms with E-state index in [-0.39, 0.29) is 0 Å². The van der Waals surface area contributed by atoms with Crippen LogP contribution in [0.2, 0.25) is 0 Å². The van der Waals surface area contributed by atoms with Crippen LogP contribution in [-0.4, -0.2) is 15.1 Å². The first-order valence-corrected chi connectivity index (χ1v) is 2.78. The van der Waals surface area contributed by atoms with Crippen molar-refractivity contribution < 1.29 is 5.11 Å². The average Bonchev–Trinajstić information content (AvgIpc) is 2.20. The number of H-pyrrole nitrogens is 1. The molecule has 0 saturated heterocycles. The SMILES string of the molecule is Brc1ncc[nH]1.N#CO. The third kappa shape index (κ3) is 4.84. The Bertz CT molecular complexity index is 178. The fourth-order valence-electron chi connectivity index (χ4n) is 0.246. The van der Waals surface area contributed by atoms with E-state index in [1.165, 1.54) is 0 Å². The van der Waals surface area contributed by atoms with Gasteiger partial charge in [0.1, 0.15) is 0 Å². The number of imidazole rings is 1. The molecule has 9 heavy (non-hydrogen) atoms. The monoisotopic (exact) mass is 189 g/mol. The average molecular weight is 190 g/mol. The summed E-state index contributed by atoms with van der Waals surface area (Å²) in [5.74, 6) is 0. The normalized spacial score (nSPS) is 6.67. The molecule has 5 heteroatoms. The summed E-state index contributed by atoms with van der Waals surface area (Å²) in [7, 11) is 0. The summed E-state index contributed by atoms with van der Waals surface area (Å²) in [4.78, 5) is 6.58. The Labute approximate surface area is 60.3 Å². The van der Waals surface area contributed by atoms with Crippen molar-refractivity contribution in [3.8, 4) is 6.26 Å². The van der Waals surface area contributed by atoms with Crippen molar-refractivity contribution in [1.82, 2.24) is 9.97 Å². The molecule has 0 aromatic carbocycles.